The monoisotopic (exact) mass is 369 g/mol. The Morgan fingerprint density at radius 2 is 1.74 bits per heavy atom. The third-order valence-corrected chi connectivity index (χ3v) is 5.45. The second-order valence-electron chi connectivity index (χ2n) is 7.43. The van der Waals surface area contributed by atoms with Crippen LogP contribution in [0.1, 0.15) is 44.3 Å². The fourth-order valence-electron chi connectivity index (χ4n) is 4.04. The van der Waals surface area contributed by atoms with Crippen molar-refractivity contribution in [2.24, 2.45) is 0 Å². The molecule has 0 atom stereocenters. The van der Waals surface area contributed by atoms with E-state index >= 15 is 0 Å². The molecule has 7 nitrogen and oxygen atoms in total. The number of carbonyl (C=O) groups is 1. The van der Waals surface area contributed by atoms with Gasteiger partial charge in [-0.1, -0.05) is 18.6 Å². The SMILES string of the molecule is O=C(Cn1nc2n(c1=O)CCCCC2)Nc1ccccc1N1CCCCC1. The highest BCUT2D eigenvalue weighted by molar-refractivity contribution is 5.94. The number of carbonyl (C=O) groups excluding carboxylic acids is 1. The number of nitrogens with zero attached hydrogens (tertiary/aromatic N) is 4. The number of fused-ring (bicyclic) bond motifs is 1. The standard InChI is InChI=1S/C20H27N5O2/c26-19(15-25-20(27)24-14-8-1-3-11-18(24)22-25)21-16-9-4-5-10-17(16)23-12-6-2-7-13-23/h4-5,9-10H,1-3,6-8,11-15H2,(H,21,26). The summed E-state index contributed by atoms with van der Waals surface area (Å²) in [5.41, 5.74) is 1.68. The van der Waals surface area contributed by atoms with E-state index in [0.717, 1.165) is 56.0 Å². The average Bonchev–Trinajstić information content (AvgIpc) is 2.86. The summed E-state index contributed by atoms with van der Waals surface area (Å²) in [7, 11) is 0. The van der Waals surface area contributed by atoms with E-state index in [1.165, 1.54) is 23.9 Å². The van der Waals surface area contributed by atoms with Gasteiger partial charge in [-0.05, 0) is 44.2 Å². The maximum absolute atomic E-state index is 12.6. The molecule has 0 aliphatic carbocycles. The molecular weight excluding hydrogens is 342 g/mol. The molecule has 7 heteroatoms. The second-order valence-corrected chi connectivity index (χ2v) is 7.43. The molecule has 4 rings (SSSR count). The Morgan fingerprint density at radius 3 is 2.59 bits per heavy atom. The highest BCUT2D eigenvalue weighted by Crippen LogP contribution is 2.28. The third kappa shape index (κ3) is 3.91. The number of aryl methyl sites for hydroxylation is 1. The minimum atomic E-state index is -0.213. The molecule has 3 heterocycles. The molecule has 27 heavy (non-hydrogen) atoms. The largest absolute Gasteiger partial charge is 0.370 e. The lowest BCUT2D eigenvalue weighted by Crippen LogP contribution is -2.32. The highest BCUT2D eigenvalue weighted by atomic mass is 16.2. The Bertz CT molecular complexity index is 863. The molecule has 2 aliphatic heterocycles. The van der Waals surface area contributed by atoms with Gasteiger partial charge in [-0.15, -0.1) is 0 Å². The van der Waals surface area contributed by atoms with Crippen molar-refractivity contribution in [1.29, 1.82) is 0 Å². The van der Waals surface area contributed by atoms with Crippen molar-refractivity contribution in [2.45, 2.75) is 58.0 Å². The van der Waals surface area contributed by atoms with Crippen molar-refractivity contribution in [3.63, 3.8) is 0 Å². The van der Waals surface area contributed by atoms with Gasteiger partial charge in [-0.3, -0.25) is 9.36 Å². The fraction of sp³-hybridized carbons (Fsp3) is 0.550. The highest BCUT2D eigenvalue weighted by Gasteiger charge is 2.19. The van der Waals surface area contributed by atoms with E-state index in [2.05, 4.69) is 15.3 Å². The molecule has 0 unspecified atom stereocenters. The van der Waals surface area contributed by atoms with Crippen LogP contribution >= 0.6 is 0 Å². The maximum atomic E-state index is 12.6. The van der Waals surface area contributed by atoms with E-state index in [0.29, 0.717) is 6.54 Å². The van der Waals surface area contributed by atoms with Crippen LogP contribution in [0.3, 0.4) is 0 Å². The Kier molecular flexibility index (Phi) is 5.27. The Balaban J connectivity index is 1.48. The van der Waals surface area contributed by atoms with Gasteiger partial charge in [0.15, 0.2) is 0 Å². The molecule has 0 bridgehead atoms. The summed E-state index contributed by atoms with van der Waals surface area (Å²) >= 11 is 0. The summed E-state index contributed by atoms with van der Waals surface area (Å²) in [5.74, 6) is 0.592. The molecule has 1 N–H and O–H groups in total. The third-order valence-electron chi connectivity index (χ3n) is 5.45. The van der Waals surface area contributed by atoms with Crippen LogP contribution in [-0.2, 0) is 24.3 Å². The normalized spacial score (nSPS) is 17.3. The first-order valence-corrected chi connectivity index (χ1v) is 10.0. The Hall–Kier alpha value is -2.57. The molecule has 0 saturated carbocycles. The number of hydrogen-bond acceptors (Lipinski definition) is 4. The van der Waals surface area contributed by atoms with Crippen LogP contribution in [0, 0.1) is 0 Å². The van der Waals surface area contributed by atoms with Gasteiger partial charge in [-0.25, -0.2) is 9.48 Å². The average molecular weight is 369 g/mol. The molecular formula is C20H27N5O2. The van der Waals surface area contributed by atoms with E-state index in [4.69, 9.17) is 0 Å². The molecule has 0 spiro atoms. The van der Waals surface area contributed by atoms with Crippen LogP contribution in [-0.4, -0.2) is 33.3 Å². The van der Waals surface area contributed by atoms with Gasteiger partial charge in [0.25, 0.3) is 0 Å². The molecule has 2 aliphatic rings. The van der Waals surface area contributed by atoms with Crippen molar-refractivity contribution in [1.82, 2.24) is 14.3 Å². The summed E-state index contributed by atoms with van der Waals surface area (Å²) in [6.45, 7) is 2.68. The van der Waals surface area contributed by atoms with E-state index in [-0.39, 0.29) is 18.1 Å². The van der Waals surface area contributed by atoms with Crippen LogP contribution in [0.25, 0.3) is 0 Å². The molecule has 1 aromatic carbocycles. The van der Waals surface area contributed by atoms with Crippen LogP contribution in [0.2, 0.25) is 0 Å². The minimum absolute atomic E-state index is 0.0484. The number of para-hydroxylation sites is 2. The molecule has 2 aromatic rings. The Labute approximate surface area is 159 Å². The summed E-state index contributed by atoms with van der Waals surface area (Å²) in [6, 6.07) is 7.89. The first kappa shape index (κ1) is 17.8. The molecule has 0 radical (unpaired) electrons. The number of nitrogens with one attached hydrogen (secondary N) is 1. The van der Waals surface area contributed by atoms with Gasteiger partial charge in [0.05, 0.1) is 11.4 Å². The van der Waals surface area contributed by atoms with E-state index in [1.807, 2.05) is 24.3 Å². The van der Waals surface area contributed by atoms with E-state index < -0.39 is 0 Å². The quantitative estimate of drug-likeness (QED) is 0.898. The number of aromatic nitrogens is 3. The first-order valence-electron chi connectivity index (χ1n) is 10.0. The van der Waals surface area contributed by atoms with Crippen LogP contribution in [0.5, 0.6) is 0 Å². The molecule has 1 amide bonds. The van der Waals surface area contributed by atoms with Gasteiger partial charge in [0.1, 0.15) is 12.4 Å². The lowest BCUT2D eigenvalue weighted by molar-refractivity contribution is -0.117. The summed E-state index contributed by atoms with van der Waals surface area (Å²) in [6.07, 6.45) is 7.59. The molecule has 1 fully saturated rings. The van der Waals surface area contributed by atoms with Crippen LogP contribution < -0.4 is 15.9 Å². The number of rotatable bonds is 4. The lowest BCUT2D eigenvalue weighted by atomic mass is 10.1. The first-order chi connectivity index (χ1) is 13.2. The van der Waals surface area contributed by atoms with Crippen molar-refractivity contribution in [3.05, 3.63) is 40.6 Å². The lowest BCUT2D eigenvalue weighted by Gasteiger charge is -2.30. The van der Waals surface area contributed by atoms with Gasteiger partial charge in [0.2, 0.25) is 5.91 Å². The zero-order valence-corrected chi connectivity index (χ0v) is 15.7. The number of benzene rings is 1. The van der Waals surface area contributed by atoms with Gasteiger partial charge < -0.3 is 10.2 Å². The molecule has 1 aromatic heterocycles. The van der Waals surface area contributed by atoms with Crippen LogP contribution in [0.15, 0.2) is 29.1 Å². The summed E-state index contributed by atoms with van der Waals surface area (Å²) in [4.78, 5) is 27.5. The van der Waals surface area contributed by atoms with Crippen molar-refractivity contribution < 1.29 is 4.79 Å². The zero-order valence-electron chi connectivity index (χ0n) is 15.7. The number of anilines is 2. The topological polar surface area (TPSA) is 72.2 Å². The van der Waals surface area contributed by atoms with Gasteiger partial charge in [-0.2, -0.15) is 5.10 Å². The van der Waals surface area contributed by atoms with E-state index in [1.54, 1.807) is 4.57 Å². The fourth-order valence-corrected chi connectivity index (χ4v) is 4.04. The van der Waals surface area contributed by atoms with Crippen molar-refractivity contribution in [3.8, 4) is 0 Å². The Morgan fingerprint density at radius 1 is 1.00 bits per heavy atom. The summed E-state index contributed by atoms with van der Waals surface area (Å²) in [5, 5.41) is 7.39. The molecule has 144 valence electrons. The minimum Gasteiger partial charge on any atom is -0.370 e. The van der Waals surface area contributed by atoms with Gasteiger partial charge >= 0.3 is 5.69 Å². The number of amides is 1. The maximum Gasteiger partial charge on any atom is 0.346 e. The smallest absolute Gasteiger partial charge is 0.346 e. The predicted octanol–water partition coefficient (Wildman–Crippen LogP) is 2.40. The van der Waals surface area contributed by atoms with Crippen LogP contribution in [0.4, 0.5) is 11.4 Å². The predicted molar refractivity (Wildman–Crippen MR) is 105 cm³/mol. The van der Waals surface area contributed by atoms with Gasteiger partial charge in [0, 0.05) is 26.1 Å². The number of hydrogen-bond donors (Lipinski definition) is 1. The van der Waals surface area contributed by atoms with Crippen molar-refractivity contribution >= 4 is 17.3 Å². The van der Waals surface area contributed by atoms with E-state index in [9.17, 15) is 9.59 Å². The molecule has 1 saturated heterocycles. The summed E-state index contributed by atoms with van der Waals surface area (Å²) < 4.78 is 3.03. The second kappa shape index (κ2) is 7.98. The number of piperidine rings is 1. The van der Waals surface area contributed by atoms with Crippen molar-refractivity contribution in [2.75, 3.05) is 23.3 Å². The zero-order chi connectivity index (χ0) is 18.6.